The molecule has 0 atom stereocenters. The molecule has 0 radical (unpaired) electrons. The molecular formula is C15H19N3O4S. The minimum absolute atomic E-state index is 0.808. The fourth-order valence-electron chi connectivity index (χ4n) is 1.47. The van der Waals surface area contributed by atoms with Gasteiger partial charge in [-0.2, -0.15) is 5.10 Å². The third-order valence-corrected chi connectivity index (χ3v) is 3.16. The molecule has 1 aromatic heterocycles. The molecule has 0 saturated carbocycles. The minimum atomic E-state index is -4.41. The number of hydrazone groups is 1. The highest BCUT2D eigenvalue weighted by molar-refractivity contribution is 7.80. The second kappa shape index (κ2) is 8.99. The predicted molar refractivity (Wildman–Crippen MR) is 86.7 cm³/mol. The Hall–Kier alpha value is -2.29. The van der Waals surface area contributed by atoms with Crippen LogP contribution in [0.4, 0.5) is 5.69 Å². The van der Waals surface area contributed by atoms with Crippen molar-refractivity contribution in [2.45, 2.75) is 6.92 Å². The number of anilines is 1. The topological polar surface area (TPSA) is 94.7 Å². The Balaban J connectivity index is 0.000000379. The Labute approximate surface area is 136 Å². The number of aromatic nitrogens is 1. The van der Waals surface area contributed by atoms with Crippen LogP contribution in [0.1, 0.15) is 11.1 Å². The Morgan fingerprint density at radius 2 is 1.78 bits per heavy atom. The zero-order valence-electron chi connectivity index (χ0n) is 13.1. The maximum absolute atomic E-state index is 9.22. The highest BCUT2D eigenvalue weighted by Crippen LogP contribution is 2.12. The van der Waals surface area contributed by atoms with E-state index in [1.165, 1.54) is 5.56 Å². The van der Waals surface area contributed by atoms with Crippen LogP contribution >= 0.6 is 0 Å². The molecule has 124 valence electrons. The first-order valence-electron chi connectivity index (χ1n) is 6.63. The lowest BCUT2D eigenvalue weighted by Gasteiger charge is -2.02. The van der Waals surface area contributed by atoms with Crippen molar-refractivity contribution in [3.8, 4) is 0 Å². The molecule has 23 heavy (non-hydrogen) atoms. The van der Waals surface area contributed by atoms with Crippen LogP contribution < -0.4 is 9.99 Å². The zero-order valence-corrected chi connectivity index (χ0v) is 13.9. The van der Waals surface area contributed by atoms with Crippen LogP contribution in [0.15, 0.2) is 53.9 Å². The number of aryl methyl sites for hydroxylation is 2. The van der Waals surface area contributed by atoms with E-state index in [1.54, 1.807) is 0 Å². The number of benzene rings is 1. The third kappa shape index (κ3) is 8.05. The predicted octanol–water partition coefficient (Wildman–Crippen LogP) is 1.36. The molecule has 0 amide bonds. The van der Waals surface area contributed by atoms with Crippen molar-refractivity contribution in [3.63, 3.8) is 0 Å². The van der Waals surface area contributed by atoms with Crippen molar-refractivity contribution in [2.75, 3.05) is 12.5 Å². The van der Waals surface area contributed by atoms with Gasteiger partial charge in [-0.1, -0.05) is 18.2 Å². The average Bonchev–Trinajstić information content (AvgIpc) is 2.51. The first-order chi connectivity index (χ1) is 10.8. The molecule has 7 nitrogen and oxygen atoms in total. The van der Waals surface area contributed by atoms with Gasteiger partial charge in [-0.3, -0.25) is 9.61 Å². The molecule has 1 N–H and O–H groups in total. The molecule has 2 rings (SSSR count). The van der Waals surface area contributed by atoms with Gasteiger partial charge in [0.25, 0.3) is 0 Å². The quantitative estimate of drug-likeness (QED) is 0.299. The SMILES string of the molecule is COS(=O)(=O)[O-].Cc1ccccc1NN=Cc1cc[n+](C)cc1. The van der Waals surface area contributed by atoms with Crippen LogP contribution in [0.25, 0.3) is 0 Å². The van der Waals surface area contributed by atoms with E-state index < -0.39 is 10.4 Å². The number of para-hydroxylation sites is 1. The first kappa shape index (κ1) is 18.8. The summed E-state index contributed by atoms with van der Waals surface area (Å²) in [6, 6.07) is 12.1. The Kier molecular flexibility index (Phi) is 7.33. The smallest absolute Gasteiger partial charge is 0.217 e. The highest BCUT2D eigenvalue weighted by Gasteiger charge is 1.94. The summed E-state index contributed by atoms with van der Waals surface area (Å²) in [7, 11) is -1.61. The normalized spacial score (nSPS) is 11.0. The lowest BCUT2D eigenvalue weighted by Crippen LogP contribution is -2.25. The summed E-state index contributed by atoms with van der Waals surface area (Å²) in [6.07, 6.45) is 5.80. The van der Waals surface area contributed by atoms with Crippen LogP contribution in [-0.4, -0.2) is 26.3 Å². The number of hydrogen-bond donors (Lipinski definition) is 1. The standard InChI is InChI=1S/C14H15N3.CH4O4S/c1-12-5-3-4-6-14(12)16-15-11-13-7-9-17(2)10-8-13;1-5-6(2,3)4/h3-11H,1-2H3;1H3,(H,2,3,4). The summed E-state index contributed by atoms with van der Waals surface area (Å²) in [6.45, 7) is 2.06. The maximum Gasteiger partial charge on any atom is 0.217 e. The van der Waals surface area contributed by atoms with Crippen LogP contribution in [0, 0.1) is 6.92 Å². The van der Waals surface area contributed by atoms with Gasteiger partial charge in [-0.05, 0) is 18.6 Å². The molecule has 0 aliphatic heterocycles. The monoisotopic (exact) mass is 337 g/mol. The highest BCUT2D eigenvalue weighted by atomic mass is 32.3. The van der Waals surface area contributed by atoms with Gasteiger partial charge in [-0.25, -0.2) is 13.0 Å². The van der Waals surface area contributed by atoms with Gasteiger partial charge >= 0.3 is 0 Å². The molecule has 0 aliphatic rings. The van der Waals surface area contributed by atoms with Crippen LogP contribution in [0.3, 0.4) is 0 Å². The molecule has 1 aromatic carbocycles. The van der Waals surface area contributed by atoms with Gasteiger partial charge in [0, 0.05) is 17.7 Å². The van der Waals surface area contributed by atoms with Gasteiger partial charge in [0.05, 0.1) is 19.0 Å². The number of nitrogens with one attached hydrogen (secondary N) is 1. The van der Waals surface area contributed by atoms with E-state index in [0.717, 1.165) is 18.4 Å². The van der Waals surface area contributed by atoms with Crippen LogP contribution in [0.5, 0.6) is 0 Å². The maximum atomic E-state index is 9.22. The minimum Gasteiger partial charge on any atom is -0.726 e. The van der Waals surface area contributed by atoms with Crippen molar-refractivity contribution in [1.82, 2.24) is 0 Å². The van der Waals surface area contributed by atoms with Gasteiger partial charge in [0.1, 0.15) is 7.05 Å². The van der Waals surface area contributed by atoms with Gasteiger partial charge in [0.2, 0.25) is 10.4 Å². The van der Waals surface area contributed by atoms with Crippen molar-refractivity contribution in [2.24, 2.45) is 12.1 Å². The van der Waals surface area contributed by atoms with Crippen molar-refractivity contribution in [3.05, 3.63) is 59.9 Å². The first-order valence-corrected chi connectivity index (χ1v) is 7.96. The number of pyridine rings is 1. The molecular weight excluding hydrogens is 318 g/mol. The second-order valence-electron chi connectivity index (χ2n) is 4.56. The fraction of sp³-hybridized carbons (Fsp3) is 0.200. The van der Waals surface area contributed by atoms with E-state index in [4.69, 9.17) is 0 Å². The van der Waals surface area contributed by atoms with E-state index in [2.05, 4.69) is 27.7 Å². The molecule has 1 heterocycles. The average molecular weight is 337 g/mol. The Morgan fingerprint density at radius 1 is 1.22 bits per heavy atom. The van der Waals surface area contributed by atoms with E-state index in [9.17, 15) is 13.0 Å². The van der Waals surface area contributed by atoms with Crippen molar-refractivity contribution in [1.29, 1.82) is 0 Å². The van der Waals surface area contributed by atoms with Crippen LogP contribution in [0.2, 0.25) is 0 Å². The van der Waals surface area contributed by atoms with Crippen molar-refractivity contribution >= 4 is 22.3 Å². The molecule has 0 spiro atoms. The van der Waals surface area contributed by atoms with Crippen LogP contribution in [-0.2, 0) is 21.6 Å². The number of rotatable bonds is 4. The summed E-state index contributed by atoms with van der Waals surface area (Å²) < 4.78 is 33.0. The molecule has 8 heteroatoms. The number of hydrogen-bond acceptors (Lipinski definition) is 6. The van der Waals surface area contributed by atoms with Gasteiger partial charge < -0.3 is 4.55 Å². The molecule has 2 aromatic rings. The van der Waals surface area contributed by atoms with E-state index >= 15 is 0 Å². The molecule has 0 bridgehead atoms. The van der Waals surface area contributed by atoms with Gasteiger partial charge in [-0.15, -0.1) is 0 Å². The summed E-state index contributed by atoms with van der Waals surface area (Å²) in [5.41, 5.74) is 6.33. The summed E-state index contributed by atoms with van der Waals surface area (Å²) in [5.74, 6) is 0. The Morgan fingerprint density at radius 3 is 2.30 bits per heavy atom. The lowest BCUT2D eigenvalue weighted by atomic mass is 10.2. The molecule has 0 unspecified atom stereocenters. The lowest BCUT2D eigenvalue weighted by molar-refractivity contribution is -0.671. The molecule has 0 saturated heterocycles. The Bertz CT molecular complexity index is 744. The second-order valence-corrected chi connectivity index (χ2v) is 5.71. The fourth-order valence-corrected chi connectivity index (χ4v) is 1.47. The van der Waals surface area contributed by atoms with E-state index in [1.807, 2.05) is 60.6 Å². The molecule has 0 aliphatic carbocycles. The number of nitrogens with zero attached hydrogens (tertiary/aromatic N) is 2. The van der Waals surface area contributed by atoms with E-state index in [-0.39, 0.29) is 0 Å². The molecule has 0 fully saturated rings. The van der Waals surface area contributed by atoms with Crippen molar-refractivity contribution < 1.29 is 21.7 Å². The summed E-state index contributed by atoms with van der Waals surface area (Å²) in [5, 5.41) is 4.22. The van der Waals surface area contributed by atoms with Gasteiger partial charge in [0.15, 0.2) is 12.4 Å². The third-order valence-electron chi connectivity index (χ3n) is 2.75. The summed E-state index contributed by atoms with van der Waals surface area (Å²) in [4.78, 5) is 0. The zero-order chi connectivity index (χ0) is 17.3. The van der Waals surface area contributed by atoms with E-state index in [0.29, 0.717) is 0 Å². The largest absolute Gasteiger partial charge is 0.726 e. The summed E-state index contributed by atoms with van der Waals surface area (Å²) >= 11 is 0.